The number of thiazole rings is 1. The van der Waals surface area contributed by atoms with Gasteiger partial charge in [-0.3, -0.25) is 14.9 Å². The molecule has 0 saturated carbocycles. The van der Waals surface area contributed by atoms with Crippen LogP contribution in [0.1, 0.15) is 15.2 Å². The van der Waals surface area contributed by atoms with Crippen LogP contribution in [0.25, 0.3) is 10.7 Å². The Kier molecular flexibility index (Phi) is 6.42. The SMILES string of the molecule is CNc1nccc(-c2ncc(C(=O)NC(CN)Cc3ccc([N+](=O)[O-])cc3)s2)n1. The Balaban J connectivity index is 1.66. The standard InChI is InChI=1S/C18H19N7O3S/c1-20-18-21-7-6-14(24-18)17-22-10-15(29-17)16(26)23-12(9-19)8-11-2-4-13(5-3-11)25(27)28/h2-7,10,12H,8-9,19H2,1H3,(H,23,26)(H,20,21,24). The van der Waals surface area contributed by atoms with E-state index >= 15 is 0 Å². The van der Waals surface area contributed by atoms with Gasteiger partial charge in [-0.2, -0.15) is 0 Å². The number of carbonyl (C=O) groups is 1. The molecule has 0 saturated heterocycles. The molecule has 1 amide bonds. The van der Waals surface area contributed by atoms with Crippen molar-refractivity contribution in [2.45, 2.75) is 12.5 Å². The Labute approximate surface area is 170 Å². The van der Waals surface area contributed by atoms with Crippen LogP contribution >= 0.6 is 11.3 Å². The van der Waals surface area contributed by atoms with Crippen LogP contribution in [0.2, 0.25) is 0 Å². The molecule has 1 atom stereocenters. The number of aromatic nitrogens is 3. The van der Waals surface area contributed by atoms with E-state index in [4.69, 9.17) is 5.73 Å². The number of nitro benzene ring substituents is 1. The fourth-order valence-corrected chi connectivity index (χ4v) is 3.37. The van der Waals surface area contributed by atoms with Gasteiger partial charge < -0.3 is 16.4 Å². The normalized spacial score (nSPS) is 11.7. The van der Waals surface area contributed by atoms with E-state index in [9.17, 15) is 14.9 Å². The van der Waals surface area contributed by atoms with Gasteiger partial charge in [-0.1, -0.05) is 12.1 Å². The highest BCUT2D eigenvalue weighted by atomic mass is 32.1. The molecule has 29 heavy (non-hydrogen) atoms. The fraction of sp³-hybridized carbons (Fsp3) is 0.222. The van der Waals surface area contributed by atoms with Gasteiger partial charge in [0.05, 0.1) is 11.1 Å². The topological polar surface area (TPSA) is 149 Å². The fourth-order valence-electron chi connectivity index (χ4n) is 2.58. The zero-order chi connectivity index (χ0) is 20.8. The Hall–Kier alpha value is -3.44. The number of nitro groups is 1. The summed E-state index contributed by atoms with van der Waals surface area (Å²) in [5.74, 6) is 0.184. The summed E-state index contributed by atoms with van der Waals surface area (Å²) in [4.78, 5) is 36.0. The number of benzene rings is 1. The first-order valence-electron chi connectivity index (χ1n) is 8.71. The highest BCUT2D eigenvalue weighted by molar-refractivity contribution is 7.16. The van der Waals surface area contributed by atoms with Gasteiger partial charge in [0.2, 0.25) is 5.95 Å². The Bertz CT molecular complexity index is 1010. The van der Waals surface area contributed by atoms with E-state index in [1.807, 2.05) is 0 Å². The van der Waals surface area contributed by atoms with E-state index in [0.717, 1.165) is 5.56 Å². The zero-order valence-electron chi connectivity index (χ0n) is 15.5. The van der Waals surface area contributed by atoms with Crippen LogP contribution in [-0.4, -0.2) is 45.4 Å². The van der Waals surface area contributed by atoms with Crippen molar-refractivity contribution in [1.82, 2.24) is 20.3 Å². The summed E-state index contributed by atoms with van der Waals surface area (Å²) in [5, 5.41) is 17.1. The van der Waals surface area contributed by atoms with Crippen LogP contribution in [0.15, 0.2) is 42.7 Å². The summed E-state index contributed by atoms with van der Waals surface area (Å²) in [6, 6.07) is 7.59. The highest BCUT2D eigenvalue weighted by Gasteiger charge is 2.17. The molecule has 3 aromatic rings. The first-order chi connectivity index (χ1) is 14.0. The summed E-state index contributed by atoms with van der Waals surface area (Å²) in [6.45, 7) is 0.228. The van der Waals surface area contributed by atoms with Crippen molar-refractivity contribution in [1.29, 1.82) is 0 Å². The quantitative estimate of drug-likeness (QED) is 0.374. The lowest BCUT2D eigenvalue weighted by Crippen LogP contribution is -2.41. The molecule has 10 nitrogen and oxygen atoms in total. The van der Waals surface area contributed by atoms with Gasteiger partial charge in [0, 0.05) is 38.0 Å². The molecule has 1 aromatic carbocycles. The van der Waals surface area contributed by atoms with Gasteiger partial charge >= 0.3 is 0 Å². The highest BCUT2D eigenvalue weighted by Crippen LogP contribution is 2.24. The lowest BCUT2D eigenvalue weighted by Gasteiger charge is -2.16. The zero-order valence-corrected chi connectivity index (χ0v) is 16.3. The molecule has 0 aliphatic carbocycles. The molecule has 0 bridgehead atoms. The second-order valence-corrected chi connectivity index (χ2v) is 7.11. The second kappa shape index (κ2) is 9.17. The second-order valence-electron chi connectivity index (χ2n) is 6.08. The number of nitrogens with zero attached hydrogens (tertiary/aromatic N) is 4. The number of nitrogens with two attached hydrogens (primary N) is 1. The molecule has 0 aliphatic rings. The minimum absolute atomic E-state index is 0.0189. The molecule has 0 fully saturated rings. The minimum atomic E-state index is -0.454. The van der Waals surface area contributed by atoms with E-state index in [1.165, 1.54) is 29.7 Å². The number of nitrogens with one attached hydrogen (secondary N) is 2. The number of hydrogen-bond donors (Lipinski definition) is 3. The van der Waals surface area contributed by atoms with Crippen molar-refractivity contribution in [2.75, 3.05) is 18.9 Å². The maximum absolute atomic E-state index is 12.6. The number of carbonyl (C=O) groups excluding carboxylic acids is 1. The van der Waals surface area contributed by atoms with E-state index in [-0.39, 0.29) is 24.2 Å². The summed E-state index contributed by atoms with van der Waals surface area (Å²) >= 11 is 1.22. The van der Waals surface area contributed by atoms with Crippen LogP contribution in [0, 0.1) is 10.1 Å². The number of amides is 1. The molecule has 4 N–H and O–H groups in total. The molecular weight excluding hydrogens is 394 g/mol. The summed E-state index contributed by atoms with van der Waals surface area (Å²) in [5.41, 5.74) is 7.28. The molecule has 3 rings (SSSR count). The summed E-state index contributed by atoms with van der Waals surface area (Å²) < 4.78 is 0. The number of non-ortho nitro benzene ring substituents is 1. The smallest absolute Gasteiger partial charge is 0.269 e. The Morgan fingerprint density at radius 2 is 2.03 bits per heavy atom. The van der Waals surface area contributed by atoms with Gasteiger partial charge in [0.15, 0.2) is 0 Å². The van der Waals surface area contributed by atoms with Crippen LogP contribution in [0.3, 0.4) is 0 Å². The van der Waals surface area contributed by atoms with Crippen molar-refractivity contribution in [3.8, 4) is 10.7 Å². The van der Waals surface area contributed by atoms with Gasteiger partial charge in [0.25, 0.3) is 11.6 Å². The predicted octanol–water partition coefficient (Wildman–Crippen LogP) is 1.85. The van der Waals surface area contributed by atoms with E-state index in [1.54, 1.807) is 31.4 Å². The molecule has 1 unspecified atom stereocenters. The van der Waals surface area contributed by atoms with E-state index in [0.29, 0.717) is 27.9 Å². The average Bonchev–Trinajstić information content (AvgIpc) is 3.24. The summed E-state index contributed by atoms with van der Waals surface area (Å²) in [7, 11) is 1.72. The van der Waals surface area contributed by atoms with Crippen LogP contribution < -0.4 is 16.4 Å². The Morgan fingerprint density at radius 3 is 2.69 bits per heavy atom. The van der Waals surface area contributed by atoms with Crippen molar-refractivity contribution in [2.24, 2.45) is 5.73 Å². The molecule has 150 valence electrons. The van der Waals surface area contributed by atoms with E-state index < -0.39 is 4.92 Å². The van der Waals surface area contributed by atoms with Crippen molar-refractivity contribution >= 4 is 28.9 Å². The first-order valence-corrected chi connectivity index (χ1v) is 9.53. The third-order valence-electron chi connectivity index (χ3n) is 4.08. The number of hydrogen-bond acceptors (Lipinski definition) is 9. The predicted molar refractivity (Wildman–Crippen MR) is 110 cm³/mol. The Morgan fingerprint density at radius 1 is 1.28 bits per heavy atom. The van der Waals surface area contributed by atoms with E-state index in [2.05, 4.69) is 25.6 Å². The van der Waals surface area contributed by atoms with Crippen LogP contribution in [-0.2, 0) is 6.42 Å². The lowest BCUT2D eigenvalue weighted by atomic mass is 10.1. The van der Waals surface area contributed by atoms with Gasteiger partial charge in [0.1, 0.15) is 15.6 Å². The third kappa shape index (κ3) is 5.09. The van der Waals surface area contributed by atoms with Crippen molar-refractivity contribution in [3.05, 3.63) is 63.3 Å². The largest absolute Gasteiger partial charge is 0.357 e. The molecule has 0 aliphatic heterocycles. The number of anilines is 1. The monoisotopic (exact) mass is 413 g/mol. The molecule has 2 aromatic heterocycles. The maximum atomic E-state index is 12.6. The van der Waals surface area contributed by atoms with Crippen LogP contribution in [0.5, 0.6) is 0 Å². The lowest BCUT2D eigenvalue weighted by molar-refractivity contribution is -0.384. The minimum Gasteiger partial charge on any atom is -0.357 e. The first kappa shape index (κ1) is 20.3. The molecule has 11 heteroatoms. The molecule has 0 spiro atoms. The van der Waals surface area contributed by atoms with Crippen molar-refractivity contribution in [3.63, 3.8) is 0 Å². The molecular formula is C18H19N7O3S. The van der Waals surface area contributed by atoms with Crippen molar-refractivity contribution < 1.29 is 9.72 Å². The average molecular weight is 413 g/mol. The maximum Gasteiger partial charge on any atom is 0.269 e. The molecule has 0 radical (unpaired) electrons. The van der Waals surface area contributed by atoms with Gasteiger partial charge in [-0.15, -0.1) is 11.3 Å². The van der Waals surface area contributed by atoms with Crippen LogP contribution in [0.4, 0.5) is 11.6 Å². The van der Waals surface area contributed by atoms with Gasteiger partial charge in [-0.05, 0) is 18.1 Å². The molecule has 2 heterocycles. The summed E-state index contributed by atoms with van der Waals surface area (Å²) in [6.07, 6.45) is 3.57. The number of rotatable bonds is 8. The van der Waals surface area contributed by atoms with Gasteiger partial charge in [-0.25, -0.2) is 15.0 Å². The third-order valence-corrected chi connectivity index (χ3v) is 5.10.